The Morgan fingerprint density at radius 2 is 1.50 bits per heavy atom. The highest BCUT2D eigenvalue weighted by atomic mass is 16.6. The molecule has 14 heavy (non-hydrogen) atoms. The van der Waals surface area contributed by atoms with Gasteiger partial charge in [0.05, 0.1) is 0 Å². The fraction of sp³-hybridized carbons (Fsp3) is 0.917. The minimum Gasteiger partial charge on any atom is -0.368 e. The summed E-state index contributed by atoms with van der Waals surface area (Å²) in [6.07, 6.45) is 9.47. The van der Waals surface area contributed by atoms with E-state index in [4.69, 9.17) is 9.84 Å². The summed E-state index contributed by atoms with van der Waals surface area (Å²) in [7, 11) is 0. The van der Waals surface area contributed by atoms with Crippen LogP contribution in [0.4, 0.5) is 0 Å². The fourth-order valence-electron chi connectivity index (χ4n) is 1.46. The van der Waals surface area contributed by atoms with E-state index in [-0.39, 0.29) is 0 Å². The summed E-state index contributed by atoms with van der Waals surface area (Å²) in [5.74, 6) is 0. The quantitative estimate of drug-likeness (QED) is 0.434. The molecule has 0 spiro atoms. The lowest BCUT2D eigenvalue weighted by atomic mass is 10.1. The second kappa shape index (κ2) is 11.0. The first kappa shape index (κ1) is 13.9. The molecule has 0 aromatic heterocycles. The van der Waals surface area contributed by atoms with E-state index in [1.807, 2.05) is 0 Å². The van der Waals surface area contributed by atoms with E-state index in [0.717, 1.165) is 6.42 Å². The number of unbranched alkanes of at least 4 members (excludes halogenated alkanes) is 7. The molecule has 2 nitrogen and oxygen atoms in total. The lowest BCUT2D eigenvalue weighted by molar-refractivity contribution is -0.0672. The zero-order chi connectivity index (χ0) is 10.6. The van der Waals surface area contributed by atoms with E-state index >= 15 is 0 Å². The monoisotopic (exact) mass is 201 g/mol. The highest BCUT2D eigenvalue weighted by Gasteiger charge is 1.94. The summed E-state index contributed by atoms with van der Waals surface area (Å²) in [5.41, 5.74) is 0. The Morgan fingerprint density at radius 3 is 2.00 bits per heavy atom. The molecule has 0 saturated heterocycles. The van der Waals surface area contributed by atoms with E-state index in [9.17, 15) is 0 Å². The van der Waals surface area contributed by atoms with Crippen LogP contribution < -0.4 is 0 Å². The maximum absolute atomic E-state index is 8.72. The molecular formula is C12H25O2. The normalized spacial score (nSPS) is 13.1. The summed E-state index contributed by atoms with van der Waals surface area (Å²) in [6, 6.07) is 0. The van der Waals surface area contributed by atoms with Gasteiger partial charge in [-0.3, -0.25) is 0 Å². The average molecular weight is 201 g/mol. The van der Waals surface area contributed by atoms with Crippen molar-refractivity contribution in [3.63, 3.8) is 0 Å². The van der Waals surface area contributed by atoms with Crippen LogP contribution in [0, 0.1) is 6.92 Å². The third kappa shape index (κ3) is 11.9. The van der Waals surface area contributed by atoms with Crippen molar-refractivity contribution in [2.75, 3.05) is 6.61 Å². The second-order valence-corrected chi connectivity index (χ2v) is 3.80. The van der Waals surface area contributed by atoms with Crippen LogP contribution in [-0.2, 0) is 4.74 Å². The minimum absolute atomic E-state index is 0.639. The Hall–Kier alpha value is -0.0800. The van der Waals surface area contributed by atoms with Gasteiger partial charge in [0.1, 0.15) is 0 Å². The highest BCUT2D eigenvalue weighted by Crippen LogP contribution is 2.08. The molecule has 0 bridgehead atoms. The maximum atomic E-state index is 8.72. The Labute approximate surface area is 88.7 Å². The van der Waals surface area contributed by atoms with Crippen LogP contribution in [0.15, 0.2) is 0 Å². The molecule has 0 aliphatic carbocycles. The number of ether oxygens (including phenoxy) is 1. The van der Waals surface area contributed by atoms with Gasteiger partial charge in [0.25, 0.3) is 0 Å². The first-order valence-corrected chi connectivity index (χ1v) is 5.90. The van der Waals surface area contributed by atoms with Crippen LogP contribution >= 0.6 is 0 Å². The third-order valence-electron chi connectivity index (χ3n) is 2.31. The molecule has 0 saturated carbocycles. The minimum atomic E-state index is -0.848. The van der Waals surface area contributed by atoms with Gasteiger partial charge in [0.2, 0.25) is 0 Å². The summed E-state index contributed by atoms with van der Waals surface area (Å²) in [5, 5.41) is 8.72. The molecule has 1 atom stereocenters. The molecule has 0 aliphatic heterocycles. The van der Waals surface area contributed by atoms with E-state index < -0.39 is 6.29 Å². The van der Waals surface area contributed by atoms with Crippen molar-refractivity contribution in [1.82, 2.24) is 0 Å². The molecule has 0 aromatic carbocycles. The molecule has 2 heteroatoms. The third-order valence-corrected chi connectivity index (χ3v) is 2.31. The molecule has 0 rings (SSSR count). The fourth-order valence-corrected chi connectivity index (χ4v) is 1.46. The van der Waals surface area contributed by atoms with Crippen molar-refractivity contribution in [2.24, 2.45) is 0 Å². The molecule has 0 heterocycles. The van der Waals surface area contributed by atoms with Crippen molar-refractivity contribution in [3.8, 4) is 0 Å². The van der Waals surface area contributed by atoms with E-state index in [0.29, 0.717) is 6.61 Å². The van der Waals surface area contributed by atoms with E-state index in [1.54, 1.807) is 0 Å². The van der Waals surface area contributed by atoms with Crippen molar-refractivity contribution in [2.45, 2.75) is 64.6 Å². The number of rotatable bonds is 10. The van der Waals surface area contributed by atoms with Gasteiger partial charge in [-0.25, -0.2) is 0 Å². The molecule has 0 aromatic rings. The van der Waals surface area contributed by atoms with Crippen LogP contribution in [0.5, 0.6) is 0 Å². The smallest absolute Gasteiger partial charge is 0.154 e. The maximum Gasteiger partial charge on any atom is 0.154 e. The van der Waals surface area contributed by atoms with Gasteiger partial charge >= 0.3 is 0 Å². The summed E-state index contributed by atoms with van der Waals surface area (Å²) in [6.45, 7) is 6.22. The van der Waals surface area contributed by atoms with Crippen molar-refractivity contribution >= 4 is 0 Å². The molecule has 1 unspecified atom stereocenters. The van der Waals surface area contributed by atoms with Crippen LogP contribution in [0.3, 0.4) is 0 Å². The predicted octanol–water partition coefficient (Wildman–Crippen LogP) is 3.30. The first-order valence-electron chi connectivity index (χ1n) is 5.90. The zero-order valence-corrected chi connectivity index (χ0v) is 9.50. The van der Waals surface area contributed by atoms with Crippen LogP contribution in [-0.4, -0.2) is 18.0 Å². The summed E-state index contributed by atoms with van der Waals surface area (Å²) < 4.78 is 4.93. The van der Waals surface area contributed by atoms with Gasteiger partial charge in [-0.2, -0.15) is 0 Å². The van der Waals surface area contributed by atoms with Gasteiger partial charge in [-0.15, -0.1) is 0 Å². The Bertz CT molecular complexity index is 102. The van der Waals surface area contributed by atoms with Gasteiger partial charge in [-0.1, -0.05) is 51.9 Å². The van der Waals surface area contributed by atoms with E-state index in [1.165, 1.54) is 44.9 Å². The number of aliphatic hydroxyl groups excluding tert-OH is 1. The lowest BCUT2D eigenvalue weighted by Gasteiger charge is -2.05. The molecule has 0 aliphatic rings. The van der Waals surface area contributed by atoms with Crippen molar-refractivity contribution < 1.29 is 9.84 Å². The van der Waals surface area contributed by atoms with Crippen LogP contribution in [0.2, 0.25) is 0 Å². The Balaban J connectivity index is 2.85. The summed E-state index contributed by atoms with van der Waals surface area (Å²) in [4.78, 5) is 0. The van der Waals surface area contributed by atoms with Crippen molar-refractivity contribution in [3.05, 3.63) is 6.92 Å². The molecular weight excluding hydrogens is 176 g/mol. The summed E-state index contributed by atoms with van der Waals surface area (Å²) >= 11 is 0. The standard InChI is InChI=1S/C12H25O2/c1-3-4-5-6-7-8-9-10-11-14-12(2)13/h12-13H,2-11H2,1H3. The molecule has 1 N–H and O–H groups in total. The van der Waals surface area contributed by atoms with Gasteiger partial charge in [0, 0.05) is 13.5 Å². The van der Waals surface area contributed by atoms with Crippen LogP contribution in [0.25, 0.3) is 0 Å². The van der Waals surface area contributed by atoms with Gasteiger partial charge in [0.15, 0.2) is 6.29 Å². The first-order chi connectivity index (χ1) is 6.77. The molecule has 1 radical (unpaired) electrons. The topological polar surface area (TPSA) is 29.5 Å². The zero-order valence-electron chi connectivity index (χ0n) is 9.50. The second-order valence-electron chi connectivity index (χ2n) is 3.80. The SMILES string of the molecule is [CH2]C(O)OCCCCCCCCCC. The van der Waals surface area contributed by atoms with Gasteiger partial charge < -0.3 is 9.84 Å². The number of aliphatic hydroxyl groups is 1. The number of hydrogen-bond donors (Lipinski definition) is 1. The largest absolute Gasteiger partial charge is 0.368 e. The van der Waals surface area contributed by atoms with E-state index in [2.05, 4.69) is 13.8 Å². The average Bonchev–Trinajstić information content (AvgIpc) is 2.15. The Morgan fingerprint density at radius 1 is 1.00 bits per heavy atom. The predicted molar refractivity (Wildman–Crippen MR) is 59.9 cm³/mol. The van der Waals surface area contributed by atoms with Crippen LogP contribution in [0.1, 0.15) is 58.3 Å². The molecule has 0 fully saturated rings. The molecule has 0 amide bonds. The van der Waals surface area contributed by atoms with Crippen molar-refractivity contribution in [1.29, 1.82) is 0 Å². The molecule has 85 valence electrons. The van der Waals surface area contributed by atoms with Gasteiger partial charge in [-0.05, 0) is 6.42 Å². The lowest BCUT2D eigenvalue weighted by Crippen LogP contribution is -2.07. The number of hydrogen-bond acceptors (Lipinski definition) is 2. The highest BCUT2D eigenvalue weighted by molar-refractivity contribution is 4.46. The Kier molecular flexibility index (Phi) is 10.9.